The number of ether oxygens (including phenoxy) is 2. The van der Waals surface area contributed by atoms with E-state index >= 15 is 0 Å². The predicted octanol–water partition coefficient (Wildman–Crippen LogP) is 1.19. The third-order valence-corrected chi connectivity index (χ3v) is 4.49. The first-order valence-electron chi connectivity index (χ1n) is 7.39. The highest BCUT2D eigenvalue weighted by Crippen LogP contribution is 2.43. The first-order valence-corrected chi connectivity index (χ1v) is 7.39. The molecule has 4 atom stereocenters. The molecule has 6 heteroatoms. The van der Waals surface area contributed by atoms with E-state index in [1.54, 1.807) is 7.11 Å². The molecule has 0 aromatic heterocycles. The zero-order valence-electron chi connectivity index (χ0n) is 12.3. The molecule has 3 rings (SSSR count). The number of carboxylic acid groups (broad SMARTS) is 1. The van der Waals surface area contributed by atoms with Crippen LogP contribution in [0.4, 0.5) is 0 Å². The molecule has 1 amide bonds. The van der Waals surface area contributed by atoms with Crippen LogP contribution in [0, 0.1) is 11.8 Å². The second kappa shape index (κ2) is 5.96. The second-order valence-electron chi connectivity index (χ2n) is 5.75. The summed E-state index contributed by atoms with van der Waals surface area (Å²) in [4.78, 5) is 23.7. The van der Waals surface area contributed by atoms with E-state index in [4.69, 9.17) is 9.47 Å². The quantitative estimate of drug-likeness (QED) is 0.853. The van der Waals surface area contributed by atoms with Gasteiger partial charge in [-0.25, -0.2) is 0 Å². The minimum absolute atomic E-state index is 0.240. The summed E-state index contributed by atoms with van der Waals surface area (Å²) in [7, 11) is 1.60. The third-order valence-electron chi connectivity index (χ3n) is 4.49. The molecule has 2 N–H and O–H groups in total. The topological polar surface area (TPSA) is 84.9 Å². The molecule has 0 spiro atoms. The molecule has 2 fully saturated rings. The summed E-state index contributed by atoms with van der Waals surface area (Å²) in [6, 6.07) is 7.38. The van der Waals surface area contributed by atoms with Crippen molar-refractivity contribution in [2.75, 3.05) is 7.11 Å². The Morgan fingerprint density at radius 1 is 1.23 bits per heavy atom. The maximum absolute atomic E-state index is 12.4. The average Bonchev–Trinajstić information content (AvgIpc) is 3.14. The number of benzene rings is 1. The number of fused-ring (bicyclic) bond motifs is 2. The lowest BCUT2D eigenvalue weighted by Crippen LogP contribution is -2.43. The molecule has 2 saturated heterocycles. The van der Waals surface area contributed by atoms with Gasteiger partial charge in [-0.1, -0.05) is 12.1 Å². The number of carbonyl (C=O) groups is 2. The maximum Gasteiger partial charge on any atom is 0.310 e. The number of carboxylic acids is 1. The van der Waals surface area contributed by atoms with Gasteiger partial charge in [-0.05, 0) is 30.5 Å². The van der Waals surface area contributed by atoms with Crippen LogP contribution >= 0.6 is 0 Å². The van der Waals surface area contributed by atoms with Crippen LogP contribution in [0.3, 0.4) is 0 Å². The molecular formula is C16H19NO5. The molecule has 2 aliphatic heterocycles. The Labute approximate surface area is 128 Å². The van der Waals surface area contributed by atoms with Crippen molar-refractivity contribution >= 4 is 11.9 Å². The third kappa shape index (κ3) is 2.66. The molecule has 0 radical (unpaired) electrons. The highest BCUT2D eigenvalue weighted by atomic mass is 16.5. The van der Waals surface area contributed by atoms with Crippen LogP contribution in [0.15, 0.2) is 24.3 Å². The van der Waals surface area contributed by atoms with Crippen molar-refractivity contribution in [3.05, 3.63) is 29.8 Å². The standard InChI is InChI=1S/C16H19NO5/c1-21-10-4-2-9(3-5-10)8-17-15(18)13-11-6-7-12(22-11)14(13)16(19)20/h2-5,11-14H,6-8H2,1H3,(H,17,18)(H,19,20)/t11-,12-,13?,14?/m1/s1. The lowest BCUT2D eigenvalue weighted by Gasteiger charge is -2.23. The first kappa shape index (κ1) is 14.8. The van der Waals surface area contributed by atoms with Crippen LogP contribution in [0.2, 0.25) is 0 Å². The molecule has 2 aliphatic rings. The summed E-state index contributed by atoms with van der Waals surface area (Å²) in [5, 5.41) is 12.1. The number of carbonyl (C=O) groups excluding carboxylic acids is 1. The summed E-state index contributed by atoms with van der Waals surface area (Å²) in [6.45, 7) is 0.364. The molecule has 1 aromatic rings. The highest BCUT2D eigenvalue weighted by Gasteiger charge is 2.55. The Bertz CT molecular complexity index is 570. The van der Waals surface area contributed by atoms with Crippen molar-refractivity contribution in [3.8, 4) is 5.75 Å². The van der Waals surface area contributed by atoms with E-state index in [0.29, 0.717) is 6.54 Å². The summed E-state index contributed by atoms with van der Waals surface area (Å²) in [6.07, 6.45) is 0.903. The van der Waals surface area contributed by atoms with E-state index in [1.165, 1.54) is 0 Å². The van der Waals surface area contributed by atoms with Gasteiger partial charge in [-0.2, -0.15) is 0 Å². The van der Waals surface area contributed by atoms with Crippen molar-refractivity contribution in [1.82, 2.24) is 5.32 Å². The van der Waals surface area contributed by atoms with Crippen LogP contribution < -0.4 is 10.1 Å². The number of aliphatic carboxylic acids is 1. The van der Waals surface area contributed by atoms with Gasteiger partial charge in [0.05, 0.1) is 31.2 Å². The lowest BCUT2D eigenvalue weighted by molar-refractivity contribution is -0.147. The van der Waals surface area contributed by atoms with Crippen LogP contribution in [-0.4, -0.2) is 36.3 Å². The van der Waals surface area contributed by atoms with Gasteiger partial charge in [-0.3, -0.25) is 9.59 Å². The highest BCUT2D eigenvalue weighted by molar-refractivity contribution is 5.86. The average molecular weight is 305 g/mol. The SMILES string of the molecule is COc1ccc(CNC(=O)C2C(C(=O)O)[C@H]3CC[C@H]2O3)cc1. The van der Waals surface area contributed by atoms with Crippen LogP contribution in [0.1, 0.15) is 18.4 Å². The van der Waals surface area contributed by atoms with Crippen molar-refractivity contribution < 1.29 is 24.2 Å². The smallest absolute Gasteiger partial charge is 0.310 e. The number of amides is 1. The fourth-order valence-electron chi connectivity index (χ4n) is 3.38. The minimum atomic E-state index is -0.947. The van der Waals surface area contributed by atoms with E-state index in [1.807, 2.05) is 24.3 Å². The molecule has 2 bridgehead atoms. The van der Waals surface area contributed by atoms with Gasteiger partial charge in [0, 0.05) is 6.54 Å². The maximum atomic E-state index is 12.4. The first-order chi connectivity index (χ1) is 10.6. The summed E-state index contributed by atoms with van der Waals surface area (Å²) >= 11 is 0. The molecular weight excluding hydrogens is 286 g/mol. The molecule has 6 nitrogen and oxygen atoms in total. The van der Waals surface area contributed by atoms with E-state index < -0.39 is 17.8 Å². The number of methoxy groups -OCH3 is 1. The van der Waals surface area contributed by atoms with Gasteiger partial charge in [0.1, 0.15) is 5.75 Å². The molecule has 1 aromatic carbocycles. The van der Waals surface area contributed by atoms with Gasteiger partial charge < -0.3 is 19.9 Å². The second-order valence-corrected chi connectivity index (χ2v) is 5.75. The monoisotopic (exact) mass is 305 g/mol. The van der Waals surface area contributed by atoms with Crippen LogP contribution in [0.25, 0.3) is 0 Å². The number of hydrogen-bond donors (Lipinski definition) is 2. The van der Waals surface area contributed by atoms with Gasteiger partial charge in [0.25, 0.3) is 0 Å². The van der Waals surface area contributed by atoms with E-state index in [2.05, 4.69) is 5.32 Å². The Balaban J connectivity index is 1.62. The Hall–Kier alpha value is -2.08. The fourth-order valence-corrected chi connectivity index (χ4v) is 3.38. The largest absolute Gasteiger partial charge is 0.497 e. The van der Waals surface area contributed by atoms with E-state index in [-0.39, 0.29) is 18.1 Å². The van der Waals surface area contributed by atoms with Gasteiger partial charge in [0.15, 0.2) is 0 Å². The van der Waals surface area contributed by atoms with Crippen LogP contribution in [-0.2, 0) is 20.9 Å². The molecule has 0 saturated carbocycles. The predicted molar refractivity (Wildman–Crippen MR) is 77.4 cm³/mol. The van der Waals surface area contributed by atoms with E-state index in [9.17, 15) is 14.7 Å². The normalized spacial score (nSPS) is 29.3. The summed E-state index contributed by atoms with van der Waals surface area (Å²) in [5.41, 5.74) is 0.935. The number of rotatable bonds is 5. The lowest BCUT2D eigenvalue weighted by atomic mass is 9.78. The molecule has 118 valence electrons. The van der Waals surface area contributed by atoms with Crippen molar-refractivity contribution in [2.24, 2.45) is 11.8 Å². The van der Waals surface area contributed by atoms with Gasteiger partial charge >= 0.3 is 5.97 Å². The Kier molecular flexibility index (Phi) is 4.02. The molecule has 0 aliphatic carbocycles. The van der Waals surface area contributed by atoms with Gasteiger partial charge in [0.2, 0.25) is 5.91 Å². The number of nitrogens with one attached hydrogen (secondary N) is 1. The number of hydrogen-bond acceptors (Lipinski definition) is 4. The van der Waals surface area contributed by atoms with Crippen molar-refractivity contribution in [2.45, 2.75) is 31.6 Å². The molecule has 22 heavy (non-hydrogen) atoms. The molecule has 2 unspecified atom stereocenters. The minimum Gasteiger partial charge on any atom is -0.497 e. The zero-order valence-corrected chi connectivity index (χ0v) is 12.3. The van der Waals surface area contributed by atoms with Crippen molar-refractivity contribution in [1.29, 1.82) is 0 Å². The summed E-state index contributed by atoms with van der Waals surface area (Å²) < 4.78 is 10.7. The van der Waals surface area contributed by atoms with Crippen molar-refractivity contribution in [3.63, 3.8) is 0 Å². The Morgan fingerprint density at radius 2 is 1.86 bits per heavy atom. The summed E-state index contributed by atoms with van der Waals surface area (Å²) in [5.74, 6) is -1.75. The zero-order chi connectivity index (χ0) is 15.7. The fraction of sp³-hybridized carbons (Fsp3) is 0.500. The molecule has 2 heterocycles. The van der Waals surface area contributed by atoms with Crippen LogP contribution in [0.5, 0.6) is 5.75 Å². The Morgan fingerprint density at radius 3 is 2.45 bits per heavy atom. The van der Waals surface area contributed by atoms with Gasteiger partial charge in [-0.15, -0.1) is 0 Å². The van der Waals surface area contributed by atoms with E-state index in [0.717, 1.165) is 24.2 Å².